The molecule has 0 saturated carbocycles. The van der Waals surface area contributed by atoms with Gasteiger partial charge in [-0.05, 0) is 19.3 Å². The minimum atomic E-state index is 0.0340. The van der Waals surface area contributed by atoms with Gasteiger partial charge in [0.1, 0.15) is 0 Å². The molecule has 104 valence electrons. The molecule has 4 heteroatoms. The molecule has 0 rings (SSSR count). The summed E-state index contributed by atoms with van der Waals surface area (Å²) in [6, 6.07) is 0. The normalized spacial score (nSPS) is 15.5. The molecule has 0 aromatic carbocycles. The lowest BCUT2D eigenvalue weighted by molar-refractivity contribution is 0.0339. The highest BCUT2D eigenvalue weighted by atomic mass is 16.5. The third-order valence-electron chi connectivity index (χ3n) is 3.72. The lowest BCUT2D eigenvalue weighted by Gasteiger charge is -2.44. The van der Waals surface area contributed by atoms with Crippen molar-refractivity contribution in [1.29, 1.82) is 0 Å². The van der Waals surface area contributed by atoms with E-state index in [1.165, 1.54) is 0 Å². The van der Waals surface area contributed by atoms with Crippen LogP contribution in [0.25, 0.3) is 0 Å². The van der Waals surface area contributed by atoms with Gasteiger partial charge in [0.15, 0.2) is 0 Å². The molecular weight excluding hydrogens is 216 g/mol. The van der Waals surface area contributed by atoms with Crippen molar-refractivity contribution in [2.45, 2.75) is 32.7 Å². The van der Waals surface area contributed by atoms with Gasteiger partial charge < -0.3 is 15.2 Å². The average molecular weight is 246 g/mol. The first-order valence-corrected chi connectivity index (χ1v) is 6.46. The third kappa shape index (κ3) is 5.34. The Hall–Kier alpha value is -0.160. The van der Waals surface area contributed by atoms with Crippen LogP contribution in [0.2, 0.25) is 0 Å². The number of hydrogen-bond acceptors (Lipinski definition) is 4. The van der Waals surface area contributed by atoms with Gasteiger partial charge in [-0.2, -0.15) is 0 Å². The smallest absolute Gasteiger partial charge is 0.0589 e. The molecule has 0 aliphatic rings. The van der Waals surface area contributed by atoms with Crippen molar-refractivity contribution in [2.24, 2.45) is 11.7 Å². The number of ether oxygens (including phenoxy) is 2. The molecule has 0 aliphatic heterocycles. The van der Waals surface area contributed by atoms with Crippen molar-refractivity contribution < 1.29 is 9.47 Å². The molecule has 0 bridgehead atoms. The molecule has 0 radical (unpaired) electrons. The third-order valence-corrected chi connectivity index (χ3v) is 3.72. The fourth-order valence-corrected chi connectivity index (χ4v) is 1.95. The molecule has 4 nitrogen and oxygen atoms in total. The molecule has 0 heterocycles. The second-order valence-corrected chi connectivity index (χ2v) is 5.04. The Labute approximate surface area is 106 Å². The molecule has 1 unspecified atom stereocenters. The van der Waals surface area contributed by atoms with Gasteiger partial charge in [0.05, 0.1) is 6.61 Å². The molecule has 2 N–H and O–H groups in total. The van der Waals surface area contributed by atoms with Gasteiger partial charge in [0.25, 0.3) is 0 Å². The lowest BCUT2D eigenvalue weighted by atomic mass is 9.86. The number of nitrogens with zero attached hydrogens (tertiary/aromatic N) is 1. The highest BCUT2D eigenvalue weighted by Crippen LogP contribution is 2.23. The van der Waals surface area contributed by atoms with Gasteiger partial charge in [-0.1, -0.05) is 13.8 Å². The summed E-state index contributed by atoms with van der Waals surface area (Å²) in [4.78, 5) is 2.43. The van der Waals surface area contributed by atoms with E-state index in [0.717, 1.165) is 32.7 Å². The summed E-state index contributed by atoms with van der Waals surface area (Å²) < 4.78 is 10.3. The summed E-state index contributed by atoms with van der Waals surface area (Å²) in [7, 11) is 3.48. The molecule has 0 aromatic heterocycles. The molecule has 0 aromatic rings. The number of nitrogens with two attached hydrogens (primary N) is 1. The molecular formula is C13H30N2O2. The highest BCUT2D eigenvalue weighted by molar-refractivity contribution is 4.90. The van der Waals surface area contributed by atoms with Crippen LogP contribution < -0.4 is 5.73 Å². The van der Waals surface area contributed by atoms with Gasteiger partial charge in [0, 0.05) is 46.0 Å². The van der Waals surface area contributed by atoms with E-state index in [9.17, 15) is 0 Å². The topological polar surface area (TPSA) is 47.7 Å². The highest BCUT2D eigenvalue weighted by Gasteiger charge is 2.33. The molecule has 1 atom stereocenters. The summed E-state index contributed by atoms with van der Waals surface area (Å²) in [6.07, 6.45) is 1.03. The van der Waals surface area contributed by atoms with Crippen molar-refractivity contribution in [3.63, 3.8) is 0 Å². The SMILES string of the molecule is COCCCN(CCOC)C(C)(CN)C(C)C. The largest absolute Gasteiger partial charge is 0.385 e. The summed E-state index contributed by atoms with van der Waals surface area (Å²) in [5.41, 5.74) is 6.01. The van der Waals surface area contributed by atoms with Crippen LogP contribution in [0.15, 0.2) is 0 Å². The molecule has 0 spiro atoms. The maximum absolute atomic E-state index is 5.97. The summed E-state index contributed by atoms with van der Waals surface area (Å²) >= 11 is 0. The Balaban J connectivity index is 4.50. The summed E-state index contributed by atoms with van der Waals surface area (Å²) in [6.45, 7) is 10.8. The maximum atomic E-state index is 5.97. The average Bonchev–Trinajstić information content (AvgIpc) is 2.32. The fraction of sp³-hybridized carbons (Fsp3) is 1.00. The van der Waals surface area contributed by atoms with Crippen LogP contribution in [0, 0.1) is 5.92 Å². The van der Waals surface area contributed by atoms with E-state index in [-0.39, 0.29) is 5.54 Å². The van der Waals surface area contributed by atoms with Gasteiger partial charge in [-0.3, -0.25) is 4.90 Å². The first-order valence-electron chi connectivity index (χ1n) is 6.46. The van der Waals surface area contributed by atoms with E-state index in [4.69, 9.17) is 15.2 Å². The van der Waals surface area contributed by atoms with Crippen LogP contribution in [0.3, 0.4) is 0 Å². The van der Waals surface area contributed by atoms with Gasteiger partial charge in [0.2, 0.25) is 0 Å². The van der Waals surface area contributed by atoms with Crippen molar-refractivity contribution in [2.75, 3.05) is 47.1 Å². The van der Waals surface area contributed by atoms with Crippen LogP contribution in [0.5, 0.6) is 0 Å². The Kier molecular flexibility index (Phi) is 8.78. The monoisotopic (exact) mass is 246 g/mol. The predicted octanol–water partition coefficient (Wildman–Crippen LogP) is 1.34. The van der Waals surface area contributed by atoms with Gasteiger partial charge in [-0.25, -0.2) is 0 Å². The number of hydrogen-bond donors (Lipinski definition) is 1. The Morgan fingerprint density at radius 2 is 1.71 bits per heavy atom. The summed E-state index contributed by atoms with van der Waals surface area (Å²) in [5, 5.41) is 0. The van der Waals surface area contributed by atoms with Crippen LogP contribution in [0.4, 0.5) is 0 Å². The first kappa shape index (κ1) is 16.8. The van der Waals surface area contributed by atoms with Gasteiger partial charge in [-0.15, -0.1) is 0 Å². The molecule has 0 amide bonds. The van der Waals surface area contributed by atoms with Crippen molar-refractivity contribution >= 4 is 0 Å². The molecule has 0 fully saturated rings. The Morgan fingerprint density at radius 1 is 1.12 bits per heavy atom. The second-order valence-electron chi connectivity index (χ2n) is 5.04. The van der Waals surface area contributed by atoms with Crippen molar-refractivity contribution in [3.8, 4) is 0 Å². The van der Waals surface area contributed by atoms with E-state index < -0.39 is 0 Å². The van der Waals surface area contributed by atoms with E-state index in [1.807, 2.05) is 0 Å². The predicted molar refractivity (Wildman–Crippen MR) is 72.2 cm³/mol. The molecule has 17 heavy (non-hydrogen) atoms. The van der Waals surface area contributed by atoms with Crippen LogP contribution in [-0.4, -0.2) is 57.5 Å². The fourth-order valence-electron chi connectivity index (χ4n) is 1.95. The zero-order chi connectivity index (χ0) is 13.3. The zero-order valence-corrected chi connectivity index (χ0v) is 12.2. The molecule has 0 aliphatic carbocycles. The summed E-state index contributed by atoms with van der Waals surface area (Å²) in [5.74, 6) is 0.520. The number of methoxy groups -OCH3 is 2. The minimum absolute atomic E-state index is 0.0340. The van der Waals surface area contributed by atoms with Crippen LogP contribution in [0.1, 0.15) is 27.2 Å². The second kappa shape index (κ2) is 8.86. The quantitative estimate of drug-likeness (QED) is 0.591. The standard InChI is InChI=1S/C13H30N2O2/c1-12(2)13(3,11-14)15(8-10-17-5)7-6-9-16-4/h12H,6-11,14H2,1-5H3. The maximum Gasteiger partial charge on any atom is 0.0589 e. The van der Waals surface area contributed by atoms with Crippen molar-refractivity contribution in [1.82, 2.24) is 4.90 Å². The van der Waals surface area contributed by atoms with E-state index in [1.54, 1.807) is 14.2 Å². The number of rotatable bonds is 10. The van der Waals surface area contributed by atoms with Gasteiger partial charge >= 0.3 is 0 Å². The van der Waals surface area contributed by atoms with Crippen LogP contribution >= 0.6 is 0 Å². The van der Waals surface area contributed by atoms with Crippen LogP contribution in [-0.2, 0) is 9.47 Å². The Bertz CT molecular complexity index is 188. The zero-order valence-electron chi connectivity index (χ0n) is 12.2. The van der Waals surface area contributed by atoms with E-state index in [2.05, 4.69) is 25.7 Å². The van der Waals surface area contributed by atoms with Crippen molar-refractivity contribution in [3.05, 3.63) is 0 Å². The Morgan fingerprint density at radius 3 is 2.12 bits per heavy atom. The van der Waals surface area contributed by atoms with E-state index >= 15 is 0 Å². The first-order chi connectivity index (χ1) is 8.02. The molecule has 0 saturated heterocycles. The minimum Gasteiger partial charge on any atom is -0.385 e. The van der Waals surface area contributed by atoms with E-state index in [0.29, 0.717) is 12.5 Å². The lowest BCUT2D eigenvalue weighted by Crippen LogP contribution is -2.56.